The standard InChI is InChI=1S/C31H47N5O4S/c1-4-27(37)35-31(30(32)39,19-29-34-25-11-10-23(21(2)3)18-26(25)41-29)24(22-8-6-5-7-9-22)20-33-28(38)12-13-36-14-16-40-17-15-36/h10-11,18,21-22,24H,4-9,12-17,19-20H2,1-3H3,(H2,32,39)(H,33,38)(H,35,37)/t24-,31?/m0/s1. The minimum absolute atomic E-state index is 0.0568. The molecule has 0 bridgehead atoms. The number of carbonyl (C=O) groups excluding carboxylic acids is 3. The molecule has 226 valence electrons. The zero-order valence-electron chi connectivity index (χ0n) is 24.9. The van der Waals surface area contributed by atoms with E-state index in [0.29, 0.717) is 32.1 Å². The molecular formula is C31H47N5O4S. The summed E-state index contributed by atoms with van der Waals surface area (Å²) in [6.07, 6.45) is 5.94. The molecule has 0 spiro atoms. The predicted molar refractivity (Wildman–Crippen MR) is 163 cm³/mol. The van der Waals surface area contributed by atoms with Gasteiger partial charge in [-0.15, -0.1) is 11.3 Å². The van der Waals surface area contributed by atoms with Gasteiger partial charge in [0.05, 0.1) is 28.4 Å². The lowest BCUT2D eigenvalue weighted by atomic mass is 9.68. The van der Waals surface area contributed by atoms with Crippen molar-refractivity contribution in [2.24, 2.45) is 17.6 Å². The van der Waals surface area contributed by atoms with Crippen LogP contribution in [0.15, 0.2) is 18.2 Å². The van der Waals surface area contributed by atoms with Crippen LogP contribution in [-0.2, 0) is 25.5 Å². The van der Waals surface area contributed by atoms with E-state index in [1.165, 1.54) is 5.56 Å². The number of hydrogen-bond acceptors (Lipinski definition) is 7. The number of nitrogens with zero attached hydrogens (tertiary/aromatic N) is 2. The van der Waals surface area contributed by atoms with E-state index < -0.39 is 11.4 Å². The number of fused-ring (bicyclic) bond motifs is 1. The Morgan fingerprint density at radius 3 is 2.54 bits per heavy atom. The van der Waals surface area contributed by atoms with E-state index in [2.05, 4.69) is 41.5 Å². The average molecular weight is 586 g/mol. The molecule has 1 aromatic carbocycles. The van der Waals surface area contributed by atoms with Gasteiger partial charge in [-0.1, -0.05) is 58.9 Å². The van der Waals surface area contributed by atoms with Crippen molar-refractivity contribution in [3.63, 3.8) is 0 Å². The largest absolute Gasteiger partial charge is 0.379 e. The molecule has 4 rings (SSSR count). The van der Waals surface area contributed by atoms with Crippen molar-refractivity contribution in [3.05, 3.63) is 28.8 Å². The van der Waals surface area contributed by atoms with Crippen molar-refractivity contribution < 1.29 is 19.1 Å². The van der Waals surface area contributed by atoms with Gasteiger partial charge in [-0.25, -0.2) is 4.98 Å². The van der Waals surface area contributed by atoms with Crippen molar-refractivity contribution in [3.8, 4) is 0 Å². The second-order valence-corrected chi connectivity index (χ2v) is 13.0. The van der Waals surface area contributed by atoms with E-state index in [1.807, 2.05) is 6.07 Å². The minimum Gasteiger partial charge on any atom is -0.379 e. The molecule has 2 aromatic rings. The van der Waals surface area contributed by atoms with Crippen LogP contribution in [0.4, 0.5) is 0 Å². The number of nitrogens with one attached hydrogen (secondary N) is 2. The van der Waals surface area contributed by atoms with Crippen LogP contribution in [0.3, 0.4) is 0 Å². The molecule has 1 saturated carbocycles. The number of ether oxygens (including phenoxy) is 1. The third-order valence-electron chi connectivity index (χ3n) is 8.81. The number of carbonyl (C=O) groups is 3. The number of hydrogen-bond donors (Lipinski definition) is 3. The number of thiazole rings is 1. The fraction of sp³-hybridized carbons (Fsp3) is 0.677. The van der Waals surface area contributed by atoms with Crippen molar-refractivity contribution in [1.82, 2.24) is 20.5 Å². The molecule has 1 saturated heterocycles. The molecule has 2 aliphatic rings. The van der Waals surface area contributed by atoms with Crippen LogP contribution in [0.1, 0.15) is 82.2 Å². The monoisotopic (exact) mass is 585 g/mol. The van der Waals surface area contributed by atoms with Gasteiger partial charge in [0.2, 0.25) is 17.7 Å². The van der Waals surface area contributed by atoms with Gasteiger partial charge in [-0.2, -0.15) is 0 Å². The maximum Gasteiger partial charge on any atom is 0.243 e. The highest BCUT2D eigenvalue weighted by Gasteiger charge is 2.49. The lowest BCUT2D eigenvalue weighted by Crippen LogP contribution is -2.66. The fourth-order valence-electron chi connectivity index (χ4n) is 6.28. The van der Waals surface area contributed by atoms with Crippen molar-refractivity contribution >= 4 is 39.3 Å². The number of benzene rings is 1. The third kappa shape index (κ3) is 8.05. The second kappa shape index (κ2) is 14.6. The molecule has 2 fully saturated rings. The summed E-state index contributed by atoms with van der Waals surface area (Å²) in [6, 6.07) is 6.27. The molecule has 1 aliphatic carbocycles. The highest BCUT2D eigenvalue weighted by molar-refractivity contribution is 7.18. The van der Waals surface area contributed by atoms with Gasteiger partial charge in [0.1, 0.15) is 5.54 Å². The van der Waals surface area contributed by atoms with E-state index in [-0.39, 0.29) is 43.0 Å². The second-order valence-electron chi connectivity index (χ2n) is 11.9. The molecule has 3 amide bonds. The first-order valence-electron chi connectivity index (χ1n) is 15.3. The van der Waals surface area contributed by atoms with E-state index in [0.717, 1.165) is 60.4 Å². The van der Waals surface area contributed by atoms with Crippen molar-refractivity contribution in [1.29, 1.82) is 0 Å². The summed E-state index contributed by atoms with van der Waals surface area (Å²) in [5.74, 6) is -0.665. The van der Waals surface area contributed by atoms with Gasteiger partial charge in [0.15, 0.2) is 0 Å². The van der Waals surface area contributed by atoms with Gasteiger partial charge < -0.3 is 21.1 Å². The predicted octanol–water partition coefficient (Wildman–Crippen LogP) is 3.75. The molecule has 2 heterocycles. The highest BCUT2D eigenvalue weighted by Crippen LogP contribution is 2.39. The lowest BCUT2D eigenvalue weighted by Gasteiger charge is -2.44. The third-order valence-corrected chi connectivity index (χ3v) is 9.82. The minimum atomic E-state index is -1.36. The summed E-state index contributed by atoms with van der Waals surface area (Å²) in [7, 11) is 0. The number of aromatic nitrogens is 1. The van der Waals surface area contributed by atoms with Crippen LogP contribution in [0, 0.1) is 11.8 Å². The fourth-order valence-corrected chi connectivity index (χ4v) is 7.39. The molecule has 1 aliphatic heterocycles. The summed E-state index contributed by atoms with van der Waals surface area (Å²) < 4.78 is 6.47. The Bertz CT molecular complexity index is 1190. The van der Waals surface area contributed by atoms with Gasteiger partial charge >= 0.3 is 0 Å². The summed E-state index contributed by atoms with van der Waals surface area (Å²) in [5, 5.41) is 6.98. The Labute approximate surface area is 248 Å². The molecule has 10 heteroatoms. The quantitative estimate of drug-likeness (QED) is 0.329. The van der Waals surface area contributed by atoms with Gasteiger partial charge in [0.25, 0.3) is 0 Å². The van der Waals surface area contributed by atoms with Crippen molar-refractivity contribution in [2.45, 2.75) is 83.6 Å². The van der Waals surface area contributed by atoms with E-state index >= 15 is 0 Å². The van der Waals surface area contributed by atoms with E-state index in [1.54, 1.807) is 18.3 Å². The molecule has 41 heavy (non-hydrogen) atoms. The maximum atomic E-state index is 13.5. The van der Waals surface area contributed by atoms with Gasteiger partial charge in [0, 0.05) is 51.4 Å². The molecule has 9 nitrogen and oxygen atoms in total. The molecule has 1 aromatic heterocycles. The summed E-state index contributed by atoms with van der Waals surface area (Å²) in [6.45, 7) is 10.1. The zero-order chi connectivity index (χ0) is 29.4. The lowest BCUT2D eigenvalue weighted by molar-refractivity contribution is -0.135. The highest BCUT2D eigenvalue weighted by atomic mass is 32.1. The molecule has 0 radical (unpaired) electrons. The smallest absolute Gasteiger partial charge is 0.243 e. The number of morpholine rings is 1. The van der Waals surface area contributed by atoms with Crippen LogP contribution in [0.5, 0.6) is 0 Å². The van der Waals surface area contributed by atoms with Gasteiger partial charge in [-0.05, 0) is 29.5 Å². The number of nitrogens with two attached hydrogens (primary N) is 1. The first kappa shape index (κ1) is 31.4. The van der Waals surface area contributed by atoms with Crippen LogP contribution in [0.25, 0.3) is 10.2 Å². The Kier molecular flexibility index (Phi) is 11.1. The van der Waals surface area contributed by atoms with E-state index in [9.17, 15) is 14.4 Å². The van der Waals surface area contributed by atoms with Crippen LogP contribution in [0.2, 0.25) is 0 Å². The van der Waals surface area contributed by atoms with Crippen LogP contribution < -0.4 is 16.4 Å². The zero-order valence-corrected chi connectivity index (χ0v) is 25.7. The van der Waals surface area contributed by atoms with E-state index in [4.69, 9.17) is 15.5 Å². The summed E-state index contributed by atoms with van der Waals surface area (Å²) in [5.41, 5.74) is 6.99. The first-order valence-corrected chi connectivity index (χ1v) is 16.1. The Morgan fingerprint density at radius 2 is 1.88 bits per heavy atom. The van der Waals surface area contributed by atoms with Crippen LogP contribution >= 0.6 is 11.3 Å². The number of amides is 3. The Hall–Kier alpha value is -2.56. The SMILES string of the molecule is CCC(=O)NC(Cc1nc2ccc(C(C)C)cc2s1)(C(N)=O)[C@@H](CNC(=O)CCN1CCOCC1)C1CCCCC1. The summed E-state index contributed by atoms with van der Waals surface area (Å²) >= 11 is 1.55. The Balaban J connectivity index is 1.62. The number of rotatable bonds is 13. The summed E-state index contributed by atoms with van der Waals surface area (Å²) in [4.78, 5) is 46.7. The molecular weight excluding hydrogens is 538 g/mol. The van der Waals surface area contributed by atoms with Crippen molar-refractivity contribution in [2.75, 3.05) is 39.4 Å². The molecule has 2 atom stereocenters. The molecule has 4 N–H and O–H groups in total. The molecule has 1 unspecified atom stereocenters. The topological polar surface area (TPSA) is 127 Å². The normalized spacial score (nSPS) is 19.1. The number of primary amides is 1. The van der Waals surface area contributed by atoms with Crippen LogP contribution in [-0.4, -0.2) is 72.5 Å². The first-order chi connectivity index (χ1) is 19.7. The Morgan fingerprint density at radius 1 is 1.15 bits per heavy atom. The van der Waals surface area contributed by atoms with Gasteiger partial charge in [-0.3, -0.25) is 19.3 Å². The average Bonchev–Trinajstić information content (AvgIpc) is 3.38. The maximum absolute atomic E-state index is 13.5.